The van der Waals surface area contributed by atoms with Gasteiger partial charge in [0.1, 0.15) is 12.3 Å². The Hall–Kier alpha value is -3.94. The third-order valence-corrected chi connectivity index (χ3v) is 5.13. The number of ether oxygens (including phenoxy) is 1. The van der Waals surface area contributed by atoms with Crippen LogP contribution in [0.4, 0.5) is 0 Å². The van der Waals surface area contributed by atoms with Gasteiger partial charge >= 0.3 is 5.97 Å². The van der Waals surface area contributed by atoms with E-state index in [0.29, 0.717) is 54.6 Å². The van der Waals surface area contributed by atoms with Gasteiger partial charge in [-0.25, -0.2) is 9.67 Å². The van der Waals surface area contributed by atoms with Crippen molar-refractivity contribution < 1.29 is 18.7 Å². The first-order valence-corrected chi connectivity index (χ1v) is 10.4. The lowest BCUT2D eigenvalue weighted by atomic mass is 10.1. The number of rotatable bonds is 9. The standard InChI is InChI=1S/C24H24N4O4/c1-31-22(29)11-5-6-12-25-24(30)19-14-21(17-8-3-2-4-9-17)27-23-20(19)15-26-28(23)16-18-10-7-13-32-18/h2-4,7-10,13-15H,5-6,11-12,16H2,1H3,(H,25,30). The summed E-state index contributed by atoms with van der Waals surface area (Å²) in [6.07, 6.45) is 4.94. The van der Waals surface area contributed by atoms with Gasteiger partial charge in [-0.05, 0) is 31.0 Å². The Labute approximate surface area is 185 Å². The zero-order valence-electron chi connectivity index (χ0n) is 17.8. The molecule has 0 aliphatic heterocycles. The Kier molecular flexibility index (Phi) is 6.60. The summed E-state index contributed by atoms with van der Waals surface area (Å²) >= 11 is 0. The minimum atomic E-state index is -0.247. The summed E-state index contributed by atoms with van der Waals surface area (Å²) in [5, 5.41) is 8.06. The average Bonchev–Trinajstić information content (AvgIpc) is 3.49. The second-order valence-electron chi connectivity index (χ2n) is 7.33. The third-order valence-electron chi connectivity index (χ3n) is 5.13. The van der Waals surface area contributed by atoms with Crippen molar-refractivity contribution in [2.75, 3.05) is 13.7 Å². The second kappa shape index (κ2) is 9.91. The highest BCUT2D eigenvalue weighted by molar-refractivity contribution is 6.06. The van der Waals surface area contributed by atoms with Crippen molar-refractivity contribution in [1.82, 2.24) is 20.1 Å². The lowest BCUT2D eigenvalue weighted by molar-refractivity contribution is -0.140. The smallest absolute Gasteiger partial charge is 0.305 e. The van der Waals surface area contributed by atoms with Crippen LogP contribution in [0.25, 0.3) is 22.3 Å². The van der Waals surface area contributed by atoms with Gasteiger partial charge in [-0.1, -0.05) is 30.3 Å². The molecule has 0 bridgehead atoms. The molecule has 164 valence electrons. The number of amides is 1. The first-order chi connectivity index (χ1) is 15.7. The summed E-state index contributed by atoms with van der Waals surface area (Å²) in [7, 11) is 1.37. The van der Waals surface area contributed by atoms with E-state index in [1.807, 2.05) is 42.5 Å². The van der Waals surface area contributed by atoms with Gasteiger partial charge in [0.05, 0.1) is 36.2 Å². The number of carbonyl (C=O) groups excluding carboxylic acids is 2. The molecule has 8 heteroatoms. The SMILES string of the molecule is COC(=O)CCCCNC(=O)c1cc(-c2ccccc2)nc2c1cnn2Cc1ccco1. The molecule has 0 saturated heterocycles. The van der Waals surface area contributed by atoms with E-state index in [0.717, 1.165) is 11.3 Å². The maximum absolute atomic E-state index is 13.0. The van der Waals surface area contributed by atoms with E-state index in [2.05, 4.69) is 15.2 Å². The lowest BCUT2D eigenvalue weighted by Gasteiger charge is -2.10. The molecule has 4 rings (SSSR count). The van der Waals surface area contributed by atoms with E-state index in [-0.39, 0.29) is 11.9 Å². The molecule has 3 aromatic heterocycles. The summed E-state index contributed by atoms with van der Waals surface area (Å²) in [6.45, 7) is 0.872. The third kappa shape index (κ3) is 4.85. The van der Waals surface area contributed by atoms with E-state index in [1.54, 1.807) is 23.2 Å². The fourth-order valence-electron chi connectivity index (χ4n) is 3.45. The molecule has 0 aliphatic carbocycles. The van der Waals surface area contributed by atoms with Crippen LogP contribution in [-0.4, -0.2) is 40.3 Å². The van der Waals surface area contributed by atoms with E-state index >= 15 is 0 Å². The number of hydrogen-bond acceptors (Lipinski definition) is 6. The number of furan rings is 1. The molecular weight excluding hydrogens is 408 g/mol. The number of carbonyl (C=O) groups is 2. The Morgan fingerprint density at radius 1 is 1.12 bits per heavy atom. The van der Waals surface area contributed by atoms with E-state index in [9.17, 15) is 9.59 Å². The van der Waals surface area contributed by atoms with Gasteiger partial charge in [0.25, 0.3) is 5.91 Å². The van der Waals surface area contributed by atoms with E-state index < -0.39 is 0 Å². The number of nitrogens with zero attached hydrogens (tertiary/aromatic N) is 3. The van der Waals surface area contributed by atoms with Gasteiger partial charge in [0, 0.05) is 18.5 Å². The van der Waals surface area contributed by atoms with E-state index in [4.69, 9.17) is 9.40 Å². The number of nitrogens with one attached hydrogen (secondary N) is 1. The van der Waals surface area contributed by atoms with Gasteiger partial charge in [-0.3, -0.25) is 9.59 Å². The fourth-order valence-corrected chi connectivity index (χ4v) is 3.45. The molecule has 0 spiro atoms. The quantitative estimate of drug-likeness (QED) is 0.319. The first kappa shape index (κ1) is 21.3. The highest BCUT2D eigenvalue weighted by Gasteiger charge is 2.18. The number of pyridine rings is 1. The Bertz CT molecular complexity index is 1200. The molecule has 0 fully saturated rings. The van der Waals surface area contributed by atoms with Gasteiger partial charge in [0.2, 0.25) is 0 Å². The first-order valence-electron chi connectivity index (χ1n) is 10.4. The molecule has 4 aromatic rings. The van der Waals surface area contributed by atoms with Crippen molar-refractivity contribution >= 4 is 22.9 Å². The van der Waals surface area contributed by atoms with Crippen molar-refractivity contribution in [2.45, 2.75) is 25.8 Å². The molecule has 0 unspecified atom stereocenters. The molecule has 3 heterocycles. The van der Waals surface area contributed by atoms with Gasteiger partial charge in [-0.2, -0.15) is 5.10 Å². The molecule has 0 radical (unpaired) electrons. The zero-order chi connectivity index (χ0) is 22.3. The van der Waals surface area contributed by atoms with Crippen molar-refractivity contribution in [2.24, 2.45) is 0 Å². The summed E-state index contributed by atoms with van der Waals surface area (Å²) in [6, 6.07) is 15.2. The highest BCUT2D eigenvalue weighted by atomic mass is 16.5. The zero-order valence-corrected chi connectivity index (χ0v) is 17.8. The van der Waals surface area contributed by atoms with Crippen LogP contribution in [0.3, 0.4) is 0 Å². The maximum atomic E-state index is 13.0. The lowest BCUT2D eigenvalue weighted by Crippen LogP contribution is -2.25. The van der Waals surface area contributed by atoms with Crippen molar-refractivity contribution in [3.05, 3.63) is 72.3 Å². The Morgan fingerprint density at radius 3 is 2.72 bits per heavy atom. The maximum Gasteiger partial charge on any atom is 0.305 e. The van der Waals surface area contributed by atoms with Crippen LogP contribution in [0, 0.1) is 0 Å². The molecule has 0 aliphatic rings. The van der Waals surface area contributed by atoms with Crippen molar-refractivity contribution in [3.8, 4) is 11.3 Å². The van der Waals surface area contributed by atoms with Crippen LogP contribution in [0.2, 0.25) is 0 Å². The van der Waals surface area contributed by atoms with Crippen LogP contribution in [0.1, 0.15) is 35.4 Å². The fraction of sp³-hybridized carbons (Fsp3) is 0.250. The average molecular weight is 432 g/mol. The molecule has 1 N–H and O–H groups in total. The minimum absolute atomic E-state index is 0.204. The van der Waals surface area contributed by atoms with Crippen molar-refractivity contribution in [1.29, 1.82) is 0 Å². The monoisotopic (exact) mass is 432 g/mol. The molecule has 0 atom stereocenters. The van der Waals surface area contributed by atoms with Crippen LogP contribution in [0.15, 0.2) is 65.4 Å². The van der Waals surface area contributed by atoms with Crippen LogP contribution in [-0.2, 0) is 16.1 Å². The second-order valence-corrected chi connectivity index (χ2v) is 7.33. The number of unbranched alkanes of at least 4 members (excludes halogenated alkanes) is 1. The molecular formula is C24H24N4O4. The number of methoxy groups -OCH3 is 1. The normalized spacial score (nSPS) is 10.9. The molecule has 32 heavy (non-hydrogen) atoms. The predicted molar refractivity (Wildman–Crippen MR) is 119 cm³/mol. The number of fused-ring (bicyclic) bond motifs is 1. The van der Waals surface area contributed by atoms with Crippen molar-refractivity contribution in [3.63, 3.8) is 0 Å². The molecule has 1 aromatic carbocycles. The molecule has 1 amide bonds. The summed E-state index contributed by atoms with van der Waals surface area (Å²) in [5.74, 6) is 0.298. The van der Waals surface area contributed by atoms with E-state index in [1.165, 1.54) is 7.11 Å². The topological polar surface area (TPSA) is 99.2 Å². The minimum Gasteiger partial charge on any atom is -0.469 e. The summed E-state index contributed by atoms with van der Waals surface area (Å²) < 4.78 is 11.8. The Morgan fingerprint density at radius 2 is 1.97 bits per heavy atom. The largest absolute Gasteiger partial charge is 0.469 e. The molecule has 8 nitrogen and oxygen atoms in total. The Balaban J connectivity index is 1.61. The number of hydrogen-bond donors (Lipinski definition) is 1. The van der Waals surface area contributed by atoms with Crippen LogP contribution in [0.5, 0.6) is 0 Å². The number of esters is 1. The summed E-state index contributed by atoms with van der Waals surface area (Å²) in [5.41, 5.74) is 2.72. The van der Waals surface area contributed by atoms with Gasteiger partial charge < -0.3 is 14.5 Å². The summed E-state index contributed by atoms with van der Waals surface area (Å²) in [4.78, 5) is 29.1. The van der Waals surface area contributed by atoms with Crippen LogP contribution >= 0.6 is 0 Å². The predicted octanol–water partition coefficient (Wildman–Crippen LogP) is 3.81. The highest BCUT2D eigenvalue weighted by Crippen LogP contribution is 2.25. The number of benzene rings is 1. The molecule has 0 saturated carbocycles. The number of aromatic nitrogens is 3. The van der Waals surface area contributed by atoms with Gasteiger partial charge in [0.15, 0.2) is 5.65 Å². The van der Waals surface area contributed by atoms with Crippen LogP contribution < -0.4 is 5.32 Å². The van der Waals surface area contributed by atoms with Gasteiger partial charge in [-0.15, -0.1) is 0 Å².